The first-order chi connectivity index (χ1) is 16.5. The molecule has 1 fully saturated rings. The molecule has 2 aromatic heterocycles. The van der Waals surface area contributed by atoms with E-state index in [9.17, 15) is 14.4 Å². The van der Waals surface area contributed by atoms with Crippen molar-refractivity contribution in [2.75, 3.05) is 11.4 Å². The van der Waals surface area contributed by atoms with Crippen LogP contribution in [0.25, 0.3) is 0 Å². The second kappa shape index (κ2) is 11.0. The van der Waals surface area contributed by atoms with Gasteiger partial charge in [0.2, 0.25) is 11.8 Å². The largest absolute Gasteiger partial charge is 0.459 e. The molecule has 1 aromatic carbocycles. The smallest absolute Gasteiger partial charge is 0.287 e. The van der Waals surface area contributed by atoms with Gasteiger partial charge in [0.1, 0.15) is 6.04 Å². The zero-order chi connectivity index (χ0) is 23.9. The summed E-state index contributed by atoms with van der Waals surface area (Å²) < 4.78 is 5.09. The summed E-state index contributed by atoms with van der Waals surface area (Å²) in [5.41, 5.74) is 1.02. The van der Waals surface area contributed by atoms with E-state index in [1.54, 1.807) is 48.7 Å². The Morgan fingerprint density at radius 2 is 1.85 bits per heavy atom. The first kappa shape index (κ1) is 23.5. The van der Waals surface area contributed by atoms with Crippen LogP contribution in [0.4, 0.5) is 5.69 Å². The van der Waals surface area contributed by atoms with E-state index < -0.39 is 17.9 Å². The molecule has 0 aliphatic heterocycles. The Balaban J connectivity index is 1.65. The summed E-state index contributed by atoms with van der Waals surface area (Å²) in [4.78, 5) is 44.9. The summed E-state index contributed by atoms with van der Waals surface area (Å²) in [6, 6.07) is 12.4. The zero-order valence-corrected chi connectivity index (χ0v) is 19.2. The number of hydrogen-bond acceptors (Lipinski definition) is 5. The highest BCUT2D eigenvalue weighted by Gasteiger charge is 2.34. The van der Waals surface area contributed by atoms with E-state index in [-0.39, 0.29) is 24.3 Å². The Hall–Kier alpha value is -3.65. The molecule has 2 heterocycles. The minimum Gasteiger partial charge on any atom is -0.459 e. The van der Waals surface area contributed by atoms with Crippen LogP contribution in [0.1, 0.15) is 47.8 Å². The summed E-state index contributed by atoms with van der Waals surface area (Å²) >= 11 is 6.08. The molecule has 4 rings (SSSR count). The standard InChI is InChI=1S/C25H25ClN4O4/c26-18-11-9-17(10-12-18)23(25(33)29-19-5-1-2-6-19)30(20-7-3-13-27-15-20)22(31)16-28-24(32)21-8-4-14-34-21/h3-4,7-15,19,23H,1-2,5-6,16H2,(H,28,32)(H,29,33). The number of halogens is 1. The average molecular weight is 481 g/mol. The molecule has 0 bridgehead atoms. The van der Waals surface area contributed by atoms with Crippen molar-refractivity contribution in [3.8, 4) is 0 Å². The Bertz CT molecular complexity index is 1110. The molecule has 1 aliphatic carbocycles. The van der Waals surface area contributed by atoms with Crippen molar-refractivity contribution >= 4 is 35.0 Å². The topological polar surface area (TPSA) is 105 Å². The van der Waals surface area contributed by atoms with Crippen molar-refractivity contribution < 1.29 is 18.8 Å². The number of nitrogens with zero attached hydrogens (tertiary/aromatic N) is 2. The fraction of sp³-hybridized carbons (Fsp3) is 0.280. The maximum absolute atomic E-state index is 13.6. The number of rotatable bonds is 8. The van der Waals surface area contributed by atoms with Crippen LogP contribution < -0.4 is 15.5 Å². The van der Waals surface area contributed by atoms with Crippen LogP contribution in [0.2, 0.25) is 5.02 Å². The minimum atomic E-state index is -0.977. The molecule has 1 aliphatic rings. The molecule has 1 unspecified atom stereocenters. The average Bonchev–Trinajstić information content (AvgIpc) is 3.57. The Kier molecular flexibility index (Phi) is 7.59. The van der Waals surface area contributed by atoms with Crippen molar-refractivity contribution in [3.63, 3.8) is 0 Å². The quantitative estimate of drug-likeness (QED) is 0.509. The third-order valence-electron chi connectivity index (χ3n) is 5.73. The monoisotopic (exact) mass is 480 g/mol. The van der Waals surface area contributed by atoms with Crippen LogP contribution in [0.5, 0.6) is 0 Å². The van der Waals surface area contributed by atoms with Gasteiger partial charge in [0.05, 0.1) is 24.7 Å². The molecule has 1 atom stereocenters. The second-order valence-electron chi connectivity index (χ2n) is 8.08. The van der Waals surface area contributed by atoms with Crippen LogP contribution in [0.3, 0.4) is 0 Å². The van der Waals surface area contributed by atoms with Gasteiger partial charge in [-0.1, -0.05) is 36.6 Å². The van der Waals surface area contributed by atoms with E-state index in [2.05, 4.69) is 15.6 Å². The van der Waals surface area contributed by atoms with E-state index >= 15 is 0 Å². The summed E-state index contributed by atoms with van der Waals surface area (Å²) in [5.74, 6) is -1.21. The van der Waals surface area contributed by atoms with E-state index in [1.165, 1.54) is 23.4 Å². The fourth-order valence-corrected chi connectivity index (χ4v) is 4.21. The number of benzene rings is 1. The van der Waals surface area contributed by atoms with Crippen LogP contribution in [0.15, 0.2) is 71.6 Å². The first-order valence-electron chi connectivity index (χ1n) is 11.1. The number of anilines is 1. The lowest BCUT2D eigenvalue weighted by atomic mass is 10.0. The lowest BCUT2D eigenvalue weighted by Crippen LogP contribution is -2.49. The molecule has 0 saturated heterocycles. The summed E-state index contributed by atoms with van der Waals surface area (Å²) in [5, 5.41) is 6.18. The van der Waals surface area contributed by atoms with Crippen LogP contribution in [-0.2, 0) is 9.59 Å². The van der Waals surface area contributed by atoms with Gasteiger partial charge >= 0.3 is 0 Å². The molecule has 3 amide bonds. The summed E-state index contributed by atoms with van der Waals surface area (Å²) in [6.45, 7) is -0.338. The van der Waals surface area contributed by atoms with Gasteiger partial charge in [-0.2, -0.15) is 0 Å². The van der Waals surface area contributed by atoms with Gasteiger partial charge in [-0.05, 0) is 54.8 Å². The predicted molar refractivity (Wildman–Crippen MR) is 127 cm³/mol. The van der Waals surface area contributed by atoms with Gasteiger partial charge in [-0.25, -0.2) is 0 Å². The molecule has 3 aromatic rings. The number of aromatic nitrogens is 1. The molecule has 176 valence electrons. The predicted octanol–water partition coefficient (Wildman–Crippen LogP) is 3.89. The highest BCUT2D eigenvalue weighted by atomic mass is 35.5. The Labute approximate surface area is 202 Å². The molecule has 2 N–H and O–H groups in total. The lowest BCUT2D eigenvalue weighted by molar-refractivity contribution is -0.126. The van der Waals surface area contributed by atoms with Crippen molar-refractivity contribution in [1.29, 1.82) is 0 Å². The van der Waals surface area contributed by atoms with Gasteiger partial charge in [0.25, 0.3) is 5.91 Å². The summed E-state index contributed by atoms with van der Waals surface area (Å²) in [6.07, 6.45) is 8.39. The zero-order valence-electron chi connectivity index (χ0n) is 18.4. The van der Waals surface area contributed by atoms with Gasteiger partial charge in [0, 0.05) is 17.3 Å². The molecule has 1 saturated carbocycles. The van der Waals surface area contributed by atoms with E-state index in [0.29, 0.717) is 16.3 Å². The first-order valence-corrected chi connectivity index (χ1v) is 11.5. The number of amides is 3. The third-order valence-corrected chi connectivity index (χ3v) is 5.98. The van der Waals surface area contributed by atoms with E-state index in [4.69, 9.17) is 16.0 Å². The summed E-state index contributed by atoms with van der Waals surface area (Å²) in [7, 11) is 0. The number of nitrogens with one attached hydrogen (secondary N) is 2. The van der Waals surface area contributed by atoms with E-state index in [1.807, 2.05) is 0 Å². The van der Waals surface area contributed by atoms with Crippen LogP contribution in [-0.4, -0.2) is 35.3 Å². The molecular weight excluding hydrogens is 456 g/mol. The normalized spacial score (nSPS) is 14.4. The number of hydrogen-bond donors (Lipinski definition) is 2. The van der Waals surface area contributed by atoms with Gasteiger partial charge in [-0.15, -0.1) is 0 Å². The molecule has 0 radical (unpaired) electrons. The highest BCUT2D eigenvalue weighted by Crippen LogP contribution is 2.29. The number of carbonyl (C=O) groups is 3. The highest BCUT2D eigenvalue weighted by molar-refractivity contribution is 6.30. The molecule has 34 heavy (non-hydrogen) atoms. The Morgan fingerprint density at radius 1 is 1.09 bits per heavy atom. The van der Waals surface area contributed by atoms with Crippen LogP contribution in [0, 0.1) is 0 Å². The van der Waals surface area contributed by atoms with Crippen molar-refractivity contribution in [3.05, 3.63) is 83.5 Å². The molecule has 9 heteroatoms. The van der Waals surface area contributed by atoms with E-state index in [0.717, 1.165) is 25.7 Å². The van der Waals surface area contributed by atoms with Crippen molar-refractivity contribution in [2.45, 2.75) is 37.8 Å². The SMILES string of the molecule is O=C(NCC(=O)N(c1cccnc1)C(C(=O)NC1CCCC1)c1ccc(Cl)cc1)c1ccco1. The van der Waals surface area contributed by atoms with Crippen molar-refractivity contribution in [1.82, 2.24) is 15.6 Å². The van der Waals surface area contributed by atoms with Crippen molar-refractivity contribution in [2.24, 2.45) is 0 Å². The maximum Gasteiger partial charge on any atom is 0.287 e. The van der Waals surface area contributed by atoms with Crippen LogP contribution >= 0.6 is 11.6 Å². The van der Waals surface area contributed by atoms with Gasteiger partial charge in [0.15, 0.2) is 5.76 Å². The number of carbonyl (C=O) groups excluding carboxylic acids is 3. The van der Waals surface area contributed by atoms with Gasteiger partial charge < -0.3 is 15.1 Å². The third kappa shape index (κ3) is 5.63. The number of furan rings is 1. The molecule has 0 spiro atoms. The number of pyridine rings is 1. The molecular formula is C25H25ClN4O4. The Morgan fingerprint density at radius 3 is 2.50 bits per heavy atom. The minimum absolute atomic E-state index is 0.0619. The lowest BCUT2D eigenvalue weighted by Gasteiger charge is -2.32. The fourth-order valence-electron chi connectivity index (χ4n) is 4.08. The maximum atomic E-state index is 13.6. The second-order valence-corrected chi connectivity index (χ2v) is 8.52. The van der Waals surface area contributed by atoms with Gasteiger partial charge in [-0.3, -0.25) is 24.3 Å². The molecule has 8 nitrogen and oxygen atoms in total.